The number of anilines is 2. The maximum Gasteiger partial charge on any atom is 0.224 e. The number of nitrogens with one attached hydrogen (secondary N) is 2. The first kappa shape index (κ1) is 15.7. The molecule has 0 saturated heterocycles. The van der Waals surface area contributed by atoms with E-state index in [0.717, 1.165) is 34.4 Å². The lowest BCUT2D eigenvalue weighted by Gasteiger charge is -2.10. The number of hydrogen-bond acceptors (Lipinski definition) is 4. The zero-order chi connectivity index (χ0) is 15.2. The van der Waals surface area contributed by atoms with E-state index in [1.165, 1.54) is 6.07 Å². The summed E-state index contributed by atoms with van der Waals surface area (Å²) in [5.41, 5.74) is 2.09. The first-order valence-electron chi connectivity index (χ1n) is 6.85. The monoisotopic (exact) mass is 352 g/mol. The van der Waals surface area contributed by atoms with Crippen LogP contribution in [0.4, 0.5) is 16.2 Å². The average molecular weight is 353 g/mol. The predicted molar refractivity (Wildman–Crippen MR) is 87.2 cm³/mol. The van der Waals surface area contributed by atoms with Gasteiger partial charge in [0.15, 0.2) is 0 Å². The highest BCUT2D eigenvalue weighted by Crippen LogP contribution is 2.20. The van der Waals surface area contributed by atoms with Crippen molar-refractivity contribution in [1.82, 2.24) is 9.97 Å². The molecule has 4 nitrogen and oxygen atoms in total. The molecule has 0 saturated carbocycles. The minimum absolute atomic E-state index is 0.196. The van der Waals surface area contributed by atoms with Gasteiger partial charge < -0.3 is 10.6 Å². The number of aryl methyl sites for hydroxylation is 1. The number of rotatable bonds is 6. The Balaban J connectivity index is 1.98. The Morgan fingerprint density at radius 1 is 1.29 bits per heavy atom. The maximum absolute atomic E-state index is 13.1. The number of halogens is 2. The van der Waals surface area contributed by atoms with Crippen LogP contribution in [0.15, 0.2) is 28.9 Å². The second-order valence-electron chi connectivity index (χ2n) is 4.67. The summed E-state index contributed by atoms with van der Waals surface area (Å²) in [5, 5.41) is 6.34. The molecule has 1 aromatic heterocycles. The van der Waals surface area contributed by atoms with Crippen LogP contribution in [0.1, 0.15) is 18.1 Å². The van der Waals surface area contributed by atoms with Crippen molar-refractivity contribution in [3.63, 3.8) is 0 Å². The van der Waals surface area contributed by atoms with Gasteiger partial charge in [-0.05, 0) is 59.5 Å². The summed E-state index contributed by atoms with van der Waals surface area (Å²) in [7, 11) is 0. The highest BCUT2D eigenvalue weighted by molar-refractivity contribution is 9.10. The van der Waals surface area contributed by atoms with E-state index in [-0.39, 0.29) is 5.82 Å². The van der Waals surface area contributed by atoms with Crippen molar-refractivity contribution in [2.75, 3.05) is 23.7 Å². The lowest BCUT2D eigenvalue weighted by molar-refractivity contribution is 0.625. The number of nitrogens with zero attached hydrogens (tertiary/aromatic N) is 2. The Kier molecular flexibility index (Phi) is 5.50. The highest BCUT2D eigenvalue weighted by atomic mass is 79.9. The molecule has 0 atom stereocenters. The smallest absolute Gasteiger partial charge is 0.224 e. The predicted octanol–water partition coefficient (Wildman–Crippen LogP) is 3.77. The third-order valence-corrected chi connectivity index (χ3v) is 3.65. The van der Waals surface area contributed by atoms with Crippen LogP contribution in [0, 0.1) is 12.7 Å². The van der Waals surface area contributed by atoms with Crippen LogP contribution in [-0.4, -0.2) is 23.1 Å². The van der Waals surface area contributed by atoms with E-state index >= 15 is 0 Å². The molecule has 112 valence electrons. The Morgan fingerprint density at radius 3 is 2.81 bits per heavy atom. The van der Waals surface area contributed by atoms with Gasteiger partial charge in [-0.1, -0.05) is 6.07 Å². The van der Waals surface area contributed by atoms with Gasteiger partial charge in [0.1, 0.15) is 11.6 Å². The molecule has 0 aliphatic rings. The molecule has 0 unspecified atom stereocenters. The summed E-state index contributed by atoms with van der Waals surface area (Å²) >= 11 is 3.43. The lowest BCUT2D eigenvalue weighted by Crippen LogP contribution is -2.10. The van der Waals surface area contributed by atoms with Gasteiger partial charge >= 0.3 is 0 Å². The Bertz CT molecular complexity index is 619. The summed E-state index contributed by atoms with van der Waals surface area (Å²) in [6, 6.07) is 4.87. The van der Waals surface area contributed by atoms with Crippen LogP contribution in [-0.2, 0) is 6.42 Å². The van der Waals surface area contributed by atoms with Gasteiger partial charge in [0.25, 0.3) is 0 Å². The molecule has 0 amide bonds. The largest absolute Gasteiger partial charge is 0.369 e. The summed E-state index contributed by atoms with van der Waals surface area (Å²) in [6.07, 6.45) is 2.52. The number of benzene rings is 1. The zero-order valence-corrected chi connectivity index (χ0v) is 13.7. The number of aromatic nitrogens is 2. The minimum Gasteiger partial charge on any atom is -0.369 e. The van der Waals surface area contributed by atoms with E-state index in [1.54, 1.807) is 12.3 Å². The van der Waals surface area contributed by atoms with Crippen LogP contribution < -0.4 is 10.6 Å². The van der Waals surface area contributed by atoms with Crippen molar-refractivity contribution in [3.05, 3.63) is 45.8 Å². The van der Waals surface area contributed by atoms with Gasteiger partial charge in [-0.15, -0.1) is 0 Å². The van der Waals surface area contributed by atoms with Gasteiger partial charge in [0.05, 0.1) is 4.47 Å². The van der Waals surface area contributed by atoms with E-state index in [2.05, 4.69) is 36.5 Å². The Labute approximate surface area is 132 Å². The molecule has 2 aromatic rings. The fraction of sp³-hybridized carbons (Fsp3) is 0.333. The fourth-order valence-corrected chi connectivity index (χ4v) is 2.32. The minimum atomic E-state index is -0.196. The summed E-state index contributed by atoms with van der Waals surface area (Å²) < 4.78 is 13.9. The van der Waals surface area contributed by atoms with Crippen molar-refractivity contribution in [2.24, 2.45) is 0 Å². The van der Waals surface area contributed by atoms with Gasteiger partial charge in [-0.3, -0.25) is 0 Å². The maximum atomic E-state index is 13.1. The van der Waals surface area contributed by atoms with E-state index in [9.17, 15) is 4.39 Å². The van der Waals surface area contributed by atoms with Crippen molar-refractivity contribution in [3.8, 4) is 0 Å². The first-order valence-corrected chi connectivity index (χ1v) is 7.64. The summed E-state index contributed by atoms with van der Waals surface area (Å²) in [5.74, 6) is 1.15. The molecule has 6 heteroatoms. The molecule has 0 aliphatic heterocycles. The molecule has 0 spiro atoms. The molecule has 0 radical (unpaired) electrons. The van der Waals surface area contributed by atoms with Crippen molar-refractivity contribution in [1.29, 1.82) is 0 Å². The van der Waals surface area contributed by atoms with Crippen molar-refractivity contribution >= 4 is 27.7 Å². The SMILES string of the molecule is CCNc1ncc(Br)c(NCCc2ccc(F)cc2C)n1. The quantitative estimate of drug-likeness (QED) is 0.830. The zero-order valence-electron chi connectivity index (χ0n) is 12.1. The second-order valence-corrected chi connectivity index (χ2v) is 5.52. The Hall–Kier alpha value is -1.69. The van der Waals surface area contributed by atoms with Gasteiger partial charge in [0.2, 0.25) is 5.95 Å². The summed E-state index contributed by atoms with van der Waals surface area (Å²) in [4.78, 5) is 8.56. The molecule has 21 heavy (non-hydrogen) atoms. The molecule has 1 aromatic carbocycles. The third-order valence-electron chi connectivity index (χ3n) is 3.07. The first-order chi connectivity index (χ1) is 10.1. The van der Waals surface area contributed by atoms with Gasteiger partial charge in [0, 0.05) is 19.3 Å². The lowest BCUT2D eigenvalue weighted by atomic mass is 10.1. The standard InChI is InChI=1S/C15H18BrFN4/c1-3-18-15-20-9-13(16)14(21-15)19-7-6-11-4-5-12(17)8-10(11)2/h4-5,8-9H,3,6-7H2,1-2H3,(H2,18,19,20,21). The highest BCUT2D eigenvalue weighted by Gasteiger charge is 2.05. The normalized spacial score (nSPS) is 10.5. The van der Waals surface area contributed by atoms with E-state index < -0.39 is 0 Å². The van der Waals surface area contributed by atoms with Crippen LogP contribution in [0.25, 0.3) is 0 Å². The molecule has 0 bridgehead atoms. The third kappa shape index (κ3) is 4.39. The molecule has 1 heterocycles. The molecule has 2 rings (SSSR count). The van der Waals surface area contributed by atoms with Crippen LogP contribution in [0.2, 0.25) is 0 Å². The molecular weight excluding hydrogens is 335 g/mol. The van der Waals surface area contributed by atoms with Crippen LogP contribution >= 0.6 is 15.9 Å². The van der Waals surface area contributed by atoms with Gasteiger partial charge in [-0.2, -0.15) is 4.98 Å². The molecule has 2 N–H and O–H groups in total. The van der Waals surface area contributed by atoms with E-state index in [4.69, 9.17) is 0 Å². The summed E-state index contributed by atoms with van der Waals surface area (Å²) in [6.45, 7) is 5.40. The van der Waals surface area contributed by atoms with Crippen LogP contribution in [0.3, 0.4) is 0 Å². The Morgan fingerprint density at radius 2 is 2.10 bits per heavy atom. The topological polar surface area (TPSA) is 49.8 Å². The van der Waals surface area contributed by atoms with E-state index in [1.807, 2.05) is 19.9 Å². The fourth-order valence-electron chi connectivity index (χ4n) is 1.99. The molecule has 0 fully saturated rings. The van der Waals surface area contributed by atoms with Crippen molar-refractivity contribution < 1.29 is 4.39 Å². The second kappa shape index (κ2) is 7.36. The average Bonchev–Trinajstić information content (AvgIpc) is 2.45. The molecule has 0 aliphatic carbocycles. The van der Waals surface area contributed by atoms with Gasteiger partial charge in [-0.25, -0.2) is 9.37 Å². The molecular formula is C15H18BrFN4. The van der Waals surface area contributed by atoms with Crippen molar-refractivity contribution in [2.45, 2.75) is 20.3 Å². The number of hydrogen-bond donors (Lipinski definition) is 2. The van der Waals surface area contributed by atoms with E-state index in [0.29, 0.717) is 12.5 Å². The van der Waals surface area contributed by atoms with Crippen LogP contribution in [0.5, 0.6) is 0 Å².